The van der Waals surface area contributed by atoms with Crippen LogP contribution in [0.2, 0.25) is 0 Å². The fourth-order valence-corrected chi connectivity index (χ4v) is 2.74. The fourth-order valence-electron chi connectivity index (χ4n) is 2.74. The zero-order chi connectivity index (χ0) is 16.4. The normalized spacial score (nSPS) is 13.7. The predicted molar refractivity (Wildman–Crippen MR) is 91.0 cm³/mol. The summed E-state index contributed by atoms with van der Waals surface area (Å²) in [5, 5.41) is 11.4. The average Bonchev–Trinajstić information content (AvgIpc) is 2.56. The Labute approximate surface area is 134 Å². The average molecular weight is 309 g/mol. The Kier molecular flexibility index (Phi) is 3.88. The number of aromatic nitrogens is 2. The Bertz CT molecular complexity index is 886. The van der Waals surface area contributed by atoms with Gasteiger partial charge >= 0.3 is 0 Å². The summed E-state index contributed by atoms with van der Waals surface area (Å²) in [5.41, 5.74) is 2.98. The number of hydrogen-bond acceptors (Lipinski definition) is 4. The predicted octanol–water partition coefficient (Wildman–Crippen LogP) is 2.02. The number of hydrogen-bond donors (Lipinski definition) is 2. The van der Waals surface area contributed by atoms with Gasteiger partial charge in [-0.05, 0) is 24.6 Å². The maximum absolute atomic E-state index is 12.6. The van der Waals surface area contributed by atoms with Crippen LogP contribution in [0.1, 0.15) is 18.3 Å². The van der Waals surface area contributed by atoms with Crippen molar-refractivity contribution in [3.63, 3.8) is 0 Å². The van der Waals surface area contributed by atoms with Crippen LogP contribution in [0.25, 0.3) is 10.9 Å². The maximum Gasteiger partial charge on any atom is 0.279 e. The van der Waals surface area contributed by atoms with E-state index in [0.717, 1.165) is 5.56 Å². The number of rotatable bonds is 4. The third-order valence-corrected chi connectivity index (χ3v) is 3.97. The second-order valence-corrected chi connectivity index (χ2v) is 5.73. The van der Waals surface area contributed by atoms with E-state index in [2.05, 4.69) is 10.4 Å². The molecule has 0 bridgehead atoms. The molecule has 0 spiro atoms. The van der Waals surface area contributed by atoms with E-state index < -0.39 is 5.60 Å². The molecule has 0 radical (unpaired) electrons. The second-order valence-electron chi connectivity index (χ2n) is 5.73. The smallest absolute Gasteiger partial charge is 0.279 e. The first-order valence-corrected chi connectivity index (χ1v) is 7.49. The topological polar surface area (TPSA) is 67.2 Å². The molecule has 0 fully saturated rings. The zero-order valence-electron chi connectivity index (χ0n) is 13.2. The number of nitrogens with one attached hydrogen (secondary N) is 1. The number of fused-ring (bicyclic) bond motifs is 1. The first-order chi connectivity index (χ1) is 11.0. The van der Waals surface area contributed by atoms with Crippen molar-refractivity contribution >= 4 is 10.9 Å². The van der Waals surface area contributed by atoms with Crippen molar-refractivity contribution in [3.8, 4) is 0 Å². The van der Waals surface area contributed by atoms with Gasteiger partial charge in [0.1, 0.15) is 5.82 Å². The molecule has 1 unspecified atom stereocenters. The Hall–Kier alpha value is -2.66. The maximum atomic E-state index is 12.6. The third kappa shape index (κ3) is 2.83. The summed E-state index contributed by atoms with van der Waals surface area (Å²) in [5.74, 6) is 0.491. The first-order valence-electron chi connectivity index (χ1n) is 7.49. The molecule has 1 atom stereocenters. The molecule has 5 nitrogen and oxygen atoms in total. The van der Waals surface area contributed by atoms with Gasteiger partial charge in [0.25, 0.3) is 5.56 Å². The Morgan fingerprint density at radius 2 is 1.78 bits per heavy atom. The van der Waals surface area contributed by atoms with Gasteiger partial charge in [-0.1, -0.05) is 42.5 Å². The van der Waals surface area contributed by atoms with Gasteiger partial charge in [0.05, 0.1) is 16.5 Å². The van der Waals surface area contributed by atoms with Crippen LogP contribution >= 0.6 is 0 Å². The molecule has 0 amide bonds. The van der Waals surface area contributed by atoms with Gasteiger partial charge in [0, 0.05) is 13.5 Å². The summed E-state index contributed by atoms with van der Waals surface area (Å²) in [7, 11) is 1.67. The summed E-state index contributed by atoms with van der Waals surface area (Å²) >= 11 is 0. The van der Waals surface area contributed by atoms with Crippen molar-refractivity contribution in [2.24, 2.45) is 0 Å². The minimum absolute atomic E-state index is 0.169. The highest BCUT2D eigenvalue weighted by molar-refractivity contribution is 5.77. The highest BCUT2D eigenvalue weighted by Gasteiger charge is 2.26. The van der Waals surface area contributed by atoms with E-state index in [1.165, 1.54) is 4.68 Å². The van der Waals surface area contributed by atoms with Crippen LogP contribution in [0.15, 0.2) is 59.4 Å². The Morgan fingerprint density at radius 3 is 2.48 bits per heavy atom. The molecule has 3 rings (SSSR count). The standard InChI is InChI=1S/C18H19N3O2/c1-18(23,13-8-4-3-5-9-13)12-16-20-15-11-7-6-10-14(15)17(22)21(16)19-2/h3-11,19,23H,12H2,1-2H3. The van der Waals surface area contributed by atoms with Crippen LogP contribution in [-0.2, 0) is 12.0 Å². The highest BCUT2D eigenvalue weighted by Crippen LogP contribution is 2.24. The summed E-state index contributed by atoms with van der Waals surface area (Å²) in [6.07, 6.45) is 0.220. The van der Waals surface area contributed by atoms with Crippen LogP contribution in [0, 0.1) is 0 Å². The summed E-state index contributed by atoms with van der Waals surface area (Å²) in [6, 6.07) is 16.6. The van der Waals surface area contributed by atoms with Crippen molar-refractivity contribution in [1.29, 1.82) is 0 Å². The molecule has 2 aromatic carbocycles. The molecule has 0 aliphatic heterocycles. The first kappa shape index (κ1) is 15.2. The van der Waals surface area contributed by atoms with Crippen molar-refractivity contribution in [3.05, 3.63) is 76.3 Å². The monoisotopic (exact) mass is 309 g/mol. The van der Waals surface area contributed by atoms with Crippen molar-refractivity contribution in [1.82, 2.24) is 9.66 Å². The van der Waals surface area contributed by atoms with E-state index in [4.69, 9.17) is 0 Å². The van der Waals surface area contributed by atoms with E-state index in [1.807, 2.05) is 42.5 Å². The molecular formula is C18H19N3O2. The van der Waals surface area contributed by atoms with Gasteiger partial charge < -0.3 is 10.5 Å². The number of para-hydroxylation sites is 1. The SMILES string of the molecule is CNn1c(CC(C)(O)c2ccccc2)nc2ccccc2c1=O. The number of nitrogens with zero attached hydrogens (tertiary/aromatic N) is 2. The molecule has 1 aromatic heterocycles. The summed E-state index contributed by atoms with van der Waals surface area (Å²) in [6.45, 7) is 1.73. The van der Waals surface area contributed by atoms with E-state index in [0.29, 0.717) is 16.7 Å². The van der Waals surface area contributed by atoms with Gasteiger partial charge in [0.2, 0.25) is 0 Å². The molecule has 23 heavy (non-hydrogen) atoms. The molecule has 1 heterocycles. The van der Waals surface area contributed by atoms with Crippen molar-refractivity contribution in [2.75, 3.05) is 12.5 Å². The van der Waals surface area contributed by atoms with Gasteiger partial charge in [-0.3, -0.25) is 4.79 Å². The minimum atomic E-state index is -1.12. The molecule has 0 aliphatic rings. The van der Waals surface area contributed by atoms with Gasteiger partial charge in [-0.2, -0.15) is 0 Å². The van der Waals surface area contributed by atoms with Crippen LogP contribution in [-0.4, -0.2) is 21.8 Å². The largest absolute Gasteiger partial charge is 0.385 e. The molecule has 3 aromatic rings. The van der Waals surface area contributed by atoms with E-state index in [9.17, 15) is 9.90 Å². The molecule has 2 N–H and O–H groups in total. The molecule has 0 saturated carbocycles. The van der Waals surface area contributed by atoms with E-state index in [1.54, 1.807) is 26.1 Å². The van der Waals surface area contributed by atoms with Crippen LogP contribution in [0.3, 0.4) is 0 Å². The molecule has 0 aliphatic carbocycles. The zero-order valence-corrected chi connectivity index (χ0v) is 13.2. The molecule has 0 saturated heterocycles. The lowest BCUT2D eigenvalue weighted by atomic mass is 9.92. The van der Waals surface area contributed by atoms with Crippen LogP contribution in [0.5, 0.6) is 0 Å². The number of benzene rings is 2. The summed E-state index contributed by atoms with van der Waals surface area (Å²) < 4.78 is 1.39. The second kappa shape index (κ2) is 5.85. The van der Waals surface area contributed by atoms with Crippen LogP contribution in [0.4, 0.5) is 0 Å². The molecule has 118 valence electrons. The van der Waals surface area contributed by atoms with Gasteiger partial charge in [0.15, 0.2) is 0 Å². The lowest BCUT2D eigenvalue weighted by Crippen LogP contribution is -2.35. The lowest BCUT2D eigenvalue weighted by molar-refractivity contribution is 0.0546. The fraction of sp³-hybridized carbons (Fsp3) is 0.222. The van der Waals surface area contributed by atoms with Crippen molar-refractivity contribution < 1.29 is 5.11 Å². The minimum Gasteiger partial charge on any atom is -0.385 e. The third-order valence-electron chi connectivity index (χ3n) is 3.97. The van der Waals surface area contributed by atoms with Crippen LogP contribution < -0.4 is 11.0 Å². The number of aliphatic hydroxyl groups is 1. The molecular weight excluding hydrogens is 290 g/mol. The van der Waals surface area contributed by atoms with E-state index in [-0.39, 0.29) is 12.0 Å². The Balaban J connectivity index is 2.11. The van der Waals surface area contributed by atoms with Gasteiger partial charge in [-0.15, -0.1) is 0 Å². The lowest BCUT2D eigenvalue weighted by Gasteiger charge is -2.25. The highest BCUT2D eigenvalue weighted by atomic mass is 16.3. The summed E-state index contributed by atoms with van der Waals surface area (Å²) in [4.78, 5) is 17.1. The molecule has 5 heteroatoms. The Morgan fingerprint density at radius 1 is 1.13 bits per heavy atom. The van der Waals surface area contributed by atoms with E-state index >= 15 is 0 Å². The van der Waals surface area contributed by atoms with Gasteiger partial charge in [-0.25, -0.2) is 9.66 Å². The van der Waals surface area contributed by atoms with Crippen molar-refractivity contribution in [2.45, 2.75) is 18.9 Å². The quantitative estimate of drug-likeness (QED) is 0.774.